The topological polar surface area (TPSA) is 74.9 Å². The van der Waals surface area contributed by atoms with E-state index in [9.17, 15) is 0 Å². The average Bonchev–Trinajstić information content (AvgIpc) is 3.36. The van der Waals surface area contributed by atoms with Gasteiger partial charge in [-0.15, -0.1) is 0 Å². The van der Waals surface area contributed by atoms with Crippen LogP contribution in [0.2, 0.25) is 0 Å². The molecule has 6 heteroatoms. The van der Waals surface area contributed by atoms with Crippen molar-refractivity contribution in [2.75, 3.05) is 18.0 Å². The van der Waals surface area contributed by atoms with Gasteiger partial charge in [0.2, 0.25) is 0 Å². The van der Waals surface area contributed by atoms with Crippen LogP contribution in [0, 0.1) is 11.3 Å². The van der Waals surface area contributed by atoms with Crippen LogP contribution in [0.15, 0.2) is 30.6 Å². The third-order valence-corrected chi connectivity index (χ3v) is 3.92. The van der Waals surface area contributed by atoms with Crippen molar-refractivity contribution < 1.29 is 4.74 Å². The Morgan fingerprint density at radius 3 is 2.77 bits per heavy atom. The van der Waals surface area contributed by atoms with Crippen LogP contribution in [-0.2, 0) is 0 Å². The normalized spacial score (nSPS) is 17.7. The van der Waals surface area contributed by atoms with Crippen LogP contribution >= 0.6 is 0 Å². The van der Waals surface area contributed by atoms with E-state index in [1.54, 1.807) is 18.3 Å². The SMILES string of the molecule is N#Cc1cc(OC2CN(c3ccnc(C4CC4)n3)C2)ccn1. The van der Waals surface area contributed by atoms with Gasteiger partial charge in [0.1, 0.15) is 35.3 Å². The number of hydrogen-bond donors (Lipinski definition) is 0. The molecule has 22 heavy (non-hydrogen) atoms. The van der Waals surface area contributed by atoms with Crippen LogP contribution in [0.5, 0.6) is 5.75 Å². The number of rotatable bonds is 4. The Morgan fingerprint density at radius 1 is 1.18 bits per heavy atom. The molecule has 6 nitrogen and oxygen atoms in total. The van der Waals surface area contributed by atoms with Gasteiger partial charge in [-0.05, 0) is 25.0 Å². The van der Waals surface area contributed by atoms with E-state index in [2.05, 4.69) is 19.9 Å². The number of nitriles is 1. The molecule has 3 heterocycles. The van der Waals surface area contributed by atoms with Gasteiger partial charge in [-0.3, -0.25) is 0 Å². The van der Waals surface area contributed by atoms with Crippen LogP contribution in [0.4, 0.5) is 5.82 Å². The van der Waals surface area contributed by atoms with Crippen molar-refractivity contribution >= 4 is 5.82 Å². The summed E-state index contributed by atoms with van der Waals surface area (Å²) in [5, 5.41) is 8.84. The van der Waals surface area contributed by atoms with Crippen molar-refractivity contribution in [3.63, 3.8) is 0 Å². The van der Waals surface area contributed by atoms with Crippen LogP contribution in [0.1, 0.15) is 30.3 Å². The molecule has 1 saturated heterocycles. The average molecular weight is 293 g/mol. The third kappa shape index (κ3) is 2.58. The molecule has 2 fully saturated rings. The van der Waals surface area contributed by atoms with Crippen molar-refractivity contribution in [3.05, 3.63) is 42.1 Å². The first-order valence-corrected chi connectivity index (χ1v) is 7.42. The maximum Gasteiger partial charge on any atom is 0.144 e. The molecule has 0 spiro atoms. The molecule has 0 bridgehead atoms. The second-order valence-electron chi connectivity index (χ2n) is 5.68. The molecule has 0 N–H and O–H groups in total. The van der Waals surface area contributed by atoms with E-state index >= 15 is 0 Å². The summed E-state index contributed by atoms with van der Waals surface area (Å²) in [6.45, 7) is 1.59. The Labute approximate surface area is 128 Å². The highest BCUT2D eigenvalue weighted by Gasteiger charge is 2.31. The van der Waals surface area contributed by atoms with Crippen molar-refractivity contribution in [1.82, 2.24) is 15.0 Å². The minimum Gasteiger partial charge on any atom is -0.487 e. The Kier molecular flexibility index (Phi) is 3.11. The maximum absolute atomic E-state index is 8.84. The zero-order chi connectivity index (χ0) is 14.9. The summed E-state index contributed by atoms with van der Waals surface area (Å²) < 4.78 is 5.86. The second kappa shape index (κ2) is 5.26. The lowest BCUT2D eigenvalue weighted by Crippen LogP contribution is -2.54. The molecular formula is C16H15N5O. The molecule has 2 aromatic heterocycles. The van der Waals surface area contributed by atoms with Crippen molar-refractivity contribution in [3.8, 4) is 11.8 Å². The predicted octanol–water partition coefficient (Wildman–Crippen LogP) is 1.89. The highest BCUT2D eigenvalue weighted by atomic mass is 16.5. The van der Waals surface area contributed by atoms with Crippen LogP contribution in [0.3, 0.4) is 0 Å². The molecule has 2 aromatic rings. The zero-order valence-electron chi connectivity index (χ0n) is 12.0. The summed E-state index contributed by atoms with van der Waals surface area (Å²) in [6.07, 6.45) is 5.97. The quantitative estimate of drug-likeness (QED) is 0.857. The molecule has 110 valence electrons. The number of anilines is 1. The number of nitrogens with zero attached hydrogens (tertiary/aromatic N) is 5. The summed E-state index contributed by atoms with van der Waals surface area (Å²) in [5.41, 5.74) is 0.374. The van der Waals surface area contributed by atoms with Crippen LogP contribution < -0.4 is 9.64 Å². The van der Waals surface area contributed by atoms with E-state index in [0.29, 0.717) is 17.4 Å². The molecule has 2 aliphatic rings. The predicted molar refractivity (Wildman–Crippen MR) is 79.6 cm³/mol. The van der Waals surface area contributed by atoms with Gasteiger partial charge in [0.15, 0.2) is 0 Å². The number of hydrogen-bond acceptors (Lipinski definition) is 6. The minimum atomic E-state index is 0.119. The summed E-state index contributed by atoms with van der Waals surface area (Å²) >= 11 is 0. The minimum absolute atomic E-state index is 0.119. The van der Waals surface area contributed by atoms with E-state index in [1.807, 2.05) is 18.3 Å². The van der Waals surface area contributed by atoms with Gasteiger partial charge in [0.25, 0.3) is 0 Å². The Hall–Kier alpha value is -2.68. The summed E-state index contributed by atoms with van der Waals surface area (Å²) in [6, 6.07) is 7.40. The Morgan fingerprint density at radius 2 is 2.00 bits per heavy atom. The molecular weight excluding hydrogens is 278 g/mol. The lowest BCUT2D eigenvalue weighted by Gasteiger charge is -2.39. The van der Waals surface area contributed by atoms with Gasteiger partial charge in [0.05, 0.1) is 13.1 Å². The van der Waals surface area contributed by atoms with E-state index in [-0.39, 0.29) is 6.10 Å². The van der Waals surface area contributed by atoms with Gasteiger partial charge >= 0.3 is 0 Å². The fraction of sp³-hybridized carbons (Fsp3) is 0.375. The fourth-order valence-electron chi connectivity index (χ4n) is 2.52. The number of aromatic nitrogens is 3. The van der Waals surface area contributed by atoms with Crippen molar-refractivity contribution in [1.29, 1.82) is 5.26 Å². The van der Waals surface area contributed by atoms with Gasteiger partial charge in [-0.1, -0.05) is 0 Å². The molecule has 4 rings (SSSR count). The van der Waals surface area contributed by atoms with Gasteiger partial charge in [-0.25, -0.2) is 15.0 Å². The maximum atomic E-state index is 8.84. The summed E-state index contributed by atoms with van der Waals surface area (Å²) in [4.78, 5) is 15.1. The fourth-order valence-corrected chi connectivity index (χ4v) is 2.52. The van der Waals surface area contributed by atoms with E-state index in [1.165, 1.54) is 12.8 Å². The van der Waals surface area contributed by atoms with Crippen molar-refractivity contribution in [2.24, 2.45) is 0 Å². The lowest BCUT2D eigenvalue weighted by molar-refractivity contribution is 0.166. The molecule has 0 atom stereocenters. The van der Waals surface area contributed by atoms with E-state index in [4.69, 9.17) is 10.00 Å². The van der Waals surface area contributed by atoms with Gasteiger partial charge < -0.3 is 9.64 Å². The molecule has 0 radical (unpaired) electrons. The molecule has 0 unspecified atom stereocenters. The van der Waals surface area contributed by atoms with E-state index in [0.717, 1.165) is 24.7 Å². The second-order valence-corrected chi connectivity index (χ2v) is 5.68. The molecule has 1 aliphatic heterocycles. The first kappa shape index (κ1) is 13.0. The smallest absolute Gasteiger partial charge is 0.144 e. The highest BCUT2D eigenvalue weighted by molar-refractivity contribution is 5.42. The monoisotopic (exact) mass is 293 g/mol. The number of pyridine rings is 1. The lowest BCUT2D eigenvalue weighted by atomic mass is 10.1. The highest BCUT2D eigenvalue weighted by Crippen LogP contribution is 2.38. The molecule has 1 saturated carbocycles. The summed E-state index contributed by atoms with van der Waals surface area (Å²) in [5.74, 6) is 3.20. The zero-order valence-corrected chi connectivity index (χ0v) is 12.0. The van der Waals surface area contributed by atoms with Gasteiger partial charge in [-0.2, -0.15) is 5.26 Å². The van der Waals surface area contributed by atoms with Gasteiger partial charge in [0, 0.05) is 24.4 Å². The van der Waals surface area contributed by atoms with Crippen LogP contribution in [0.25, 0.3) is 0 Å². The first-order chi connectivity index (χ1) is 10.8. The molecule has 1 aliphatic carbocycles. The first-order valence-electron chi connectivity index (χ1n) is 7.42. The Balaban J connectivity index is 1.37. The Bertz CT molecular complexity index is 731. The van der Waals surface area contributed by atoms with Crippen LogP contribution in [-0.4, -0.2) is 34.1 Å². The largest absolute Gasteiger partial charge is 0.487 e. The van der Waals surface area contributed by atoms with E-state index < -0.39 is 0 Å². The molecule has 0 amide bonds. The summed E-state index contributed by atoms with van der Waals surface area (Å²) in [7, 11) is 0. The third-order valence-electron chi connectivity index (χ3n) is 3.92. The van der Waals surface area contributed by atoms with Crippen molar-refractivity contribution in [2.45, 2.75) is 24.9 Å². The standard InChI is InChI=1S/C16H15N5O/c17-8-12-7-13(3-5-18-12)22-14-9-21(10-14)15-4-6-19-16(20-15)11-1-2-11/h3-7,11,14H,1-2,9-10H2. The number of ether oxygens (including phenoxy) is 1. The molecule has 0 aromatic carbocycles.